The molecule has 1 aliphatic heterocycles. The first-order chi connectivity index (χ1) is 13.5. The Hall–Kier alpha value is -2.38. The maximum Gasteiger partial charge on any atom is 0.340 e. The van der Waals surface area contributed by atoms with E-state index in [1.807, 2.05) is 26.0 Å². The van der Waals surface area contributed by atoms with Crippen molar-refractivity contribution in [2.24, 2.45) is 0 Å². The molecule has 2 heterocycles. The fourth-order valence-corrected chi connectivity index (χ4v) is 3.58. The second-order valence-corrected chi connectivity index (χ2v) is 7.17. The number of carbonyl (C=O) groups is 1. The van der Waals surface area contributed by atoms with Gasteiger partial charge in [-0.2, -0.15) is 0 Å². The van der Waals surface area contributed by atoms with Crippen LogP contribution in [0.15, 0.2) is 21.3 Å². The van der Waals surface area contributed by atoms with Crippen LogP contribution in [-0.4, -0.2) is 57.3 Å². The van der Waals surface area contributed by atoms with E-state index in [9.17, 15) is 9.59 Å². The quantitative estimate of drug-likeness (QED) is 0.575. The van der Waals surface area contributed by atoms with Gasteiger partial charge < -0.3 is 19.2 Å². The summed E-state index contributed by atoms with van der Waals surface area (Å²) >= 11 is 0. The number of morpholine rings is 1. The molecule has 0 spiro atoms. The highest BCUT2D eigenvalue weighted by Gasteiger charge is 2.18. The number of aryl methyl sites for hydroxylation is 2. The van der Waals surface area contributed by atoms with Gasteiger partial charge in [0.2, 0.25) is 5.91 Å². The third-order valence-electron chi connectivity index (χ3n) is 5.12. The number of methoxy groups -OCH3 is 1. The summed E-state index contributed by atoms with van der Waals surface area (Å²) in [6.07, 6.45) is 0.864. The molecule has 1 N–H and O–H groups in total. The monoisotopic (exact) mass is 388 g/mol. The number of ether oxygens (including phenoxy) is 2. The maximum atomic E-state index is 12.4. The van der Waals surface area contributed by atoms with E-state index in [4.69, 9.17) is 13.9 Å². The molecule has 7 heteroatoms. The minimum Gasteiger partial charge on any atom is -0.496 e. The normalized spacial score (nSPS) is 15.0. The van der Waals surface area contributed by atoms with E-state index in [2.05, 4.69) is 10.2 Å². The second-order valence-electron chi connectivity index (χ2n) is 7.17. The minimum absolute atomic E-state index is 0.00130. The van der Waals surface area contributed by atoms with Crippen molar-refractivity contribution in [1.82, 2.24) is 10.2 Å². The number of rotatable bonds is 7. The van der Waals surface area contributed by atoms with Crippen molar-refractivity contribution < 1.29 is 18.7 Å². The van der Waals surface area contributed by atoms with Crippen molar-refractivity contribution in [3.05, 3.63) is 39.2 Å². The molecule has 152 valence electrons. The van der Waals surface area contributed by atoms with E-state index in [-0.39, 0.29) is 12.3 Å². The molecule has 0 radical (unpaired) electrons. The van der Waals surface area contributed by atoms with Gasteiger partial charge in [0.1, 0.15) is 11.3 Å². The minimum atomic E-state index is -0.471. The smallest absolute Gasteiger partial charge is 0.340 e. The van der Waals surface area contributed by atoms with Gasteiger partial charge in [0, 0.05) is 19.6 Å². The van der Waals surface area contributed by atoms with Crippen LogP contribution in [0.25, 0.3) is 11.0 Å². The molecule has 1 fully saturated rings. The summed E-state index contributed by atoms with van der Waals surface area (Å²) < 4.78 is 16.2. The van der Waals surface area contributed by atoms with Gasteiger partial charge in [-0.1, -0.05) is 0 Å². The zero-order valence-electron chi connectivity index (χ0n) is 16.8. The number of benzene rings is 1. The zero-order chi connectivity index (χ0) is 20.1. The highest BCUT2D eigenvalue weighted by molar-refractivity contribution is 5.89. The van der Waals surface area contributed by atoms with Crippen molar-refractivity contribution in [3.8, 4) is 5.75 Å². The standard InChI is InChI=1S/C21H28N2O5/c1-14-11-17(26-3)20-15(2)16(21(25)28-18(20)12-14)13-19(24)22-5-4-6-23-7-9-27-10-8-23/h11-12H,4-10,13H2,1-3H3,(H,22,24). The van der Waals surface area contributed by atoms with Gasteiger partial charge >= 0.3 is 5.63 Å². The largest absolute Gasteiger partial charge is 0.496 e. The van der Waals surface area contributed by atoms with E-state index >= 15 is 0 Å². The Kier molecular flexibility index (Phi) is 6.70. The van der Waals surface area contributed by atoms with Crippen molar-refractivity contribution in [2.45, 2.75) is 26.7 Å². The number of hydrogen-bond donors (Lipinski definition) is 1. The van der Waals surface area contributed by atoms with Gasteiger partial charge in [0.25, 0.3) is 0 Å². The molecule has 1 saturated heterocycles. The van der Waals surface area contributed by atoms with Crippen LogP contribution in [0.2, 0.25) is 0 Å². The summed E-state index contributed by atoms with van der Waals surface area (Å²) in [6, 6.07) is 3.70. The van der Waals surface area contributed by atoms with Crippen LogP contribution < -0.4 is 15.7 Å². The van der Waals surface area contributed by atoms with E-state index in [1.54, 1.807) is 7.11 Å². The molecule has 1 aliphatic rings. The molecule has 1 amide bonds. The van der Waals surface area contributed by atoms with Crippen LogP contribution in [-0.2, 0) is 16.0 Å². The van der Waals surface area contributed by atoms with Crippen LogP contribution in [0.1, 0.15) is 23.1 Å². The summed E-state index contributed by atoms with van der Waals surface area (Å²) in [7, 11) is 1.58. The lowest BCUT2D eigenvalue weighted by Gasteiger charge is -2.26. The van der Waals surface area contributed by atoms with Crippen LogP contribution in [0.3, 0.4) is 0 Å². The Bertz CT molecular complexity index is 900. The Morgan fingerprint density at radius 3 is 2.71 bits per heavy atom. The van der Waals surface area contributed by atoms with Gasteiger partial charge in [-0.25, -0.2) is 4.79 Å². The number of hydrogen-bond acceptors (Lipinski definition) is 6. The SMILES string of the molecule is COc1cc(C)cc2oc(=O)c(CC(=O)NCCCN3CCOCC3)c(C)c12. The first-order valence-corrected chi connectivity index (χ1v) is 9.67. The molecule has 3 rings (SSSR count). The van der Waals surface area contributed by atoms with Gasteiger partial charge in [-0.05, 0) is 50.1 Å². The summed E-state index contributed by atoms with van der Waals surface area (Å²) in [5, 5.41) is 3.64. The fraction of sp³-hybridized carbons (Fsp3) is 0.524. The van der Waals surface area contributed by atoms with E-state index < -0.39 is 5.63 Å². The average Bonchev–Trinajstić information content (AvgIpc) is 2.68. The van der Waals surface area contributed by atoms with E-state index in [0.29, 0.717) is 23.4 Å². The lowest BCUT2D eigenvalue weighted by Crippen LogP contribution is -2.38. The van der Waals surface area contributed by atoms with Crippen molar-refractivity contribution >= 4 is 16.9 Å². The predicted octanol–water partition coefficient (Wildman–Crippen LogP) is 1.80. The van der Waals surface area contributed by atoms with Gasteiger partial charge in [-0.3, -0.25) is 9.69 Å². The highest BCUT2D eigenvalue weighted by Crippen LogP contribution is 2.30. The molecule has 0 atom stereocenters. The highest BCUT2D eigenvalue weighted by atomic mass is 16.5. The molecule has 7 nitrogen and oxygen atoms in total. The molecule has 0 unspecified atom stereocenters. The van der Waals surface area contributed by atoms with Crippen molar-refractivity contribution in [1.29, 1.82) is 0 Å². The Labute approximate surface area is 164 Å². The van der Waals surface area contributed by atoms with Gasteiger partial charge in [0.05, 0.1) is 37.7 Å². The van der Waals surface area contributed by atoms with Crippen LogP contribution in [0.5, 0.6) is 5.75 Å². The molecule has 0 saturated carbocycles. The first kappa shape index (κ1) is 20.4. The second kappa shape index (κ2) is 9.21. The number of nitrogens with zero attached hydrogens (tertiary/aromatic N) is 1. The van der Waals surface area contributed by atoms with E-state index in [0.717, 1.165) is 55.8 Å². The number of fused-ring (bicyclic) bond motifs is 1. The van der Waals surface area contributed by atoms with Gasteiger partial charge in [0.15, 0.2) is 0 Å². The maximum absolute atomic E-state index is 12.4. The molecular weight excluding hydrogens is 360 g/mol. The molecule has 28 heavy (non-hydrogen) atoms. The lowest BCUT2D eigenvalue weighted by molar-refractivity contribution is -0.120. The fourth-order valence-electron chi connectivity index (χ4n) is 3.58. The molecule has 1 aromatic heterocycles. The van der Waals surface area contributed by atoms with Crippen molar-refractivity contribution in [2.75, 3.05) is 46.5 Å². The summed E-state index contributed by atoms with van der Waals surface area (Å²) in [5.41, 5.74) is 2.06. The first-order valence-electron chi connectivity index (χ1n) is 9.67. The van der Waals surface area contributed by atoms with Crippen LogP contribution in [0, 0.1) is 13.8 Å². The van der Waals surface area contributed by atoms with Crippen LogP contribution >= 0.6 is 0 Å². The molecular formula is C21H28N2O5. The average molecular weight is 388 g/mol. The summed E-state index contributed by atoms with van der Waals surface area (Å²) in [5.74, 6) is 0.464. The lowest BCUT2D eigenvalue weighted by atomic mass is 10.0. The molecule has 1 aromatic carbocycles. The van der Waals surface area contributed by atoms with Crippen LogP contribution in [0.4, 0.5) is 0 Å². The summed E-state index contributed by atoms with van der Waals surface area (Å²) in [4.78, 5) is 27.1. The Morgan fingerprint density at radius 2 is 2.00 bits per heavy atom. The third-order valence-corrected chi connectivity index (χ3v) is 5.12. The number of nitrogens with one attached hydrogen (secondary N) is 1. The van der Waals surface area contributed by atoms with Gasteiger partial charge in [-0.15, -0.1) is 0 Å². The molecule has 0 bridgehead atoms. The van der Waals surface area contributed by atoms with Crippen molar-refractivity contribution in [3.63, 3.8) is 0 Å². The molecule has 0 aliphatic carbocycles. The van der Waals surface area contributed by atoms with E-state index in [1.165, 1.54) is 0 Å². The Balaban J connectivity index is 1.65. The third kappa shape index (κ3) is 4.72. The molecule has 2 aromatic rings. The Morgan fingerprint density at radius 1 is 1.25 bits per heavy atom. The topological polar surface area (TPSA) is 81.0 Å². The summed E-state index contributed by atoms with van der Waals surface area (Å²) in [6.45, 7) is 8.67. The number of carbonyl (C=O) groups excluding carboxylic acids is 1. The predicted molar refractivity (Wildman–Crippen MR) is 107 cm³/mol. The zero-order valence-corrected chi connectivity index (χ0v) is 16.8. The number of amides is 1.